The van der Waals surface area contributed by atoms with Gasteiger partial charge in [0.05, 0.1) is 0 Å². The molecule has 2 rings (SSSR count). The highest BCUT2D eigenvalue weighted by Gasteiger charge is 2.25. The molecule has 1 aliphatic rings. The maximum atomic E-state index is 12.1. The fraction of sp³-hybridized carbons (Fsp3) is 0.529. The van der Waals surface area contributed by atoms with Crippen LogP contribution in [0.5, 0.6) is 0 Å². The van der Waals surface area contributed by atoms with Gasteiger partial charge in [0.1, 0.15) is 5.76 Å². The van der Waals surface area contributed by atoms with Crippen LogP contribution >= 0.6 is 15.9 Å². The Morgan fingerprint density at radius 1 is 1.39 bits per heavy atom. The molecule has 1 heterocycles. The van der Waals surface area contributed by atoms with Crippen LogP contribution in [0.4, 0.5) is 0 Å². The molecule has 3 atom stereocenters. The maximum Gasteiger partial charge on any atom is 0.331 e. The van der Waals surface area contributed by atoms with Crippen molar-refractivity contribution in [3.05, 3.63) is 28.6 Å². The number of amides is 1. The number of rotatable bonds is 5. The summed E-state index contributed by atoms with van der Waals surface area (Å²) >= 11 is 3.18. The summed E-state index contributed by atoms with van der Waals surface area (Å²) in [5, 5.41) is 2.99. The third-order valence-electron chi connectivity index (χ3n) is 4.08. The van der Waals surface area contributed by atoms with Gasteiger partial charge >= 0.3 is 5.97 Å². The van der Waals surface area contributed by atoms with Crippen LogP contribution < -0.4 is 5.32 Å². The average molecular weight is 384 g/mol. The van der Waals surface area contributed by atoms with E-state index >= 15 is 0 Å². The third-order valence-corrected chi connectivity index (χ3v) is 4.51. The Bertz CT molecular complexity index is 581. The van der Waals surface area contributed by atoms with Crippen LogP contribution in [0.15, 0.2) is 27.3 Å². The van der Waals surface area contributed by atoms with Gasteiger partial charge in [-0.15, -0.1) is 0 Å². The standard InChI is InChI=1S/C17H22BrNO4/c1-11-5-3-4-6-14(11)19-17(21)12(2)22-16(20)10-8-13-7-9-15(18)23-13/h7-12,14H,3-6H2,1-2H3,(H,19,21)/b10-8+/t11-,12-,14+/m0/s1. The number of carbonyl (C=O) groups is 2. The van der Waals surface area contributed by atoms with Crippen LogP contribution in [-0.2, 0) is 14.3 Å². The molecule has 1 saturated carbocycles. The Hall–Kier alpha value is -1.56. The van der Waals surface area contributed by atoms with Crippen molar-refractivity contribution in [2.75, 3.05) is 0 Å². The first-order valence-corrected chi connectivity index (χ1v) is 8.69. The molecule has 0 saturated heterocycles. The lowest BCUT2D eigenvalue weighted by atomic mass is 9.86. The summed E-state index contributed by atoms with van der Waals surface area (Å²) in [7, 11) is 0. The molecule has 1 fully saturated rings. The van der Waals surface area contributed by atoms with Gasteiger partial charge in [0.15, 0.2) is 10.8 Å². The molecule has 1 amide bonds. The van der Waals surface area contributed by atoms with E-state index in [9.17, 15) is 9.59 Å². The van der Waals surface area contributed by atoms with E-state index in [1.165, 1.54) is 18.6 Å². The Kier molecular flexibility index (Phi) is 6.45. The van der Waals surface area contributed by atoms with E-state index in [1.807, 2.05) is 0 Å². The lowest BCUT2D eigenvalue weighted by Crippen LogP contribution is -2.45. The van der Waals surface area contributed by atoms with Gasteiger partial charge < -0.3 is 14.5 Å². The van der Waals surface area contributed by atoms with E-state index in [4.69, 9.17) is 9.15 Å². The first-order chi connectivity index (χ1) is 11.0. The molecular weight excluding hydrogens is 362 g/mol. The van der Waals surface area contributed by atoms with Crippen molar-refractivity contribution < 1.29 is 18.7 Å². The molecule has 23 heavy (non-hydrogen) atoms. The predicted octanol–water partition coefficient (Wildman–Crippen LogP) is 3.68. The number of nitrogens with one attached hydrogen (secondary N) is 1. The Balaban J connectivity index is 1.80. The molecule has 1 N–H and O–H groups in total. The maximum absolute atomic E-state index is 12.1. The molecule has 0 unspecified atom stereocenters. The number of esters is 1. The first-order valence-electron chi connectivity index (χ1n) is 7.90. The van der Waals surface area contributed by atoms with Crippen LogP contribution in [-0.4, -0.2) is 24.0 Å². The molecule has 0 radical (unpaired) electrons. The Labute approximate surface area is 144 Å². The molecular formula is C17H22BrNO4. The topological polar surface area (TPSA) is 68.5 Å². The van der Waals surface area contributed by atoms with Gasteiger partial charge in [0.25, 0.3) is 5.91 Å². The van der Waals surface area contributed by atoms with Gasteiger partial charge in [-0.2, -0.15) is 0 Å². The fourth-order valence-electron chi connectivity index (χ4n) is 2.67. The molecule has 0 bridgehead atoms. The number of furan rings is 1. The highest BCUT2D eigenvalue weighted by atomic mass is 79.9. The van der Waals surface area contributed by atoms with Crippen molar-refractivity contribution in [2.24, 2.45) is 5.92 Å². The second-order valence-electron chi connectivity index (χ2n) is 5.93. The molecule has 1 aliphatic carbocycles. The molecule has 5 nitrogen and oxygen atoms in total. The summed E-state index contributed by atoms with van der Waals surface area (Å²) in [6.45, 7) is 3.73. The minimum Gasteiger partial charge on any atom is -0.450 e. The van der Waals surface area contributed by atoms with Crippen molar-refractivity contribution >= 4 is 33.9 Å². The highest BCUT2D eigenvalue weighted by molar-refractivity contribution is 9.10. The number of hydrogen-bond acceptors (Lipinski definition) is 4. The van der Waals surface area contributed by atoms with Gasteiger partial charge in [-0.25, -0.2) is 4.79 Å². The largest absolute Gasteiger partial charge is 0.450 e. The second kappa shape index (κ2) is 8.34. The van der Waals surface area contributed by atoms with Crippen LogP contribution in [0.25, 0.3) is 6.08 Å². The van der Waals surface area contributed by atoms with Gasteiger partial charge in [0, 0.05) is 12.1 Å². The number of halogens is 1. The molecule has 1 aromatic heterocycles. The lowest BCUT2D eigenvalue weighted by Gasteiger charge is -2.30. The van der Waals surface area contributed by atoms with Crippen molar-refractivity contribution in [1.82, 2.24) is 5.32 Å². The van der Waals surface area contributed by atoms with E-state index in [-0.39, 0.29) is 11.9 Å². The van der Waals surface area contributed by atoms with Crippen molar-refractivity contribution in [2.45, 2.75) is 51.7 Å². The Morgan fingerprint density at radius 3 is 2.78 bits per heavy atom. The molecule has 0 aromatic carbocycles. The van der Waals surface area contributed by atoms with Gasteiger partial charge in [0.2, 0.25) is 0 Å². The van der Waals surface area contributed by atoms with Crippen molar-refractivity contribution in [3.63, 3.8) is 0 Å². The van der Waals surface area contributed by atoms with Crippen LogP contribution in [0.2, 0.25) is 0 Å². The summed E-state index contributed by atoms with van der Waals surface area (Å²) in [5.74, 6) is 0.179. The zero-order valence-electron chi connectivity index (χ0n) is 13.4. The third kappa shape index (κ3) is 5.53. The normalized spacial score (nSPS) is 22.7. The number of ether oxygens (including phenoxy) is 1. The van der Waals surface area contributed by atoms with Crippen LogP contribution in [0, 0.1) is 5.92 Å². The summed E-state index contributed by atoms with van der Waals surface area (Å²) in [5.41, 5.74) is 0. The zero-order chi connectivity index (χ0) is 16.8. The molecule has 126 valence electrons. The quantitative estimate of drug-likeness (QED) is 0.621. The average Bonchev–Trinajstić information content (AvgIpc) is 2.93. The predicted molar refractivity (Wildman–Crippen MR) is 90.6 cm³/mol. The molecule has 0 spiro atoms. The zero-order valence-corrected chi connectivity index (χ0v) is 15.0. The first kappa shape index (κ1) is 17.8. The van der Waals surface area contributed by atoms with Gasteiger partial charge in [-0.1, -0.05) is 19.8 Å². The molecule has 0 aliphatic heterocycles. The van der Waals surface area contributed by atoms with E-state index in [0.717, 1.165) is 19.3 Å². The minimum atomic E-state index is -0.815. The number of hydrogen-bond donors (Lipinski definition) is 1. The smallest absolute Gasteiger partial charge is 0.331 e. The monoisotopic (exact) mass is 383 g/mol. The van der Waals surface area contributed by atoms with Gasteiger partial charge in [-0.05, 0) is 59.8 Å². The summed E-state index contributed by atoms with van der Waals surface area (Å²) in [4.78, 5) is 23.9. The molecule has 6 heteroatoms. The second-order valence-corrected chi connectivity index (χ2v) is 6.71. The Morgan fingerprint density at radius 2 is 2.13 bits per heavy atom. The van der Waals surface area contributed by atoms with E-state index in [1.54, 1.807) is 19.1 Å². The van der Waals surface area contributed by atoms with E-state index in [0.29, 0.717) is 16.3 Å². The van der Waals surface area contributed by atoms with Crippen molar-refractivity contribution in [3.8, 4) is 0 Å². The number of carbonyl (C=O) groups excluding carboxylic acids is 2. The fourth-order valence-corrected chi connectivity index (χ4v) is 2.98. The van der Waals surface area contributed by atoms with Crippen LogP contribution in [0.3, 0.4) is 0 Å². The van der Waals surface area contributed by atoms with E-state index in [2.05, 4.69) is 28.2 Å². The minimum absolute atomic E-state index is 0.174. The molecule has 1 aromatic rings. The summed E-state index contributed by atoms with van der Waals surface area (Å²) in [6, 6.07) is 3.62. The van der Waals surface area contributed by atoms with E-state index < -0.39 is 12.1 Å². The summed E-state index contributed by atoms with van der Waals surface area (Å²) in [6.07, 6.45) is 6.39. The summed E-state index contributed by atoms with van der Waals surface area (Å²) < 4.78 is 11.0. The SMILES string of the molecule is C[C@H](OC(=O)/C=C/c1ccc(Br)o1)C(=O)N[C@@H]1CCCC[C@@H]1C. The highest BCUT2D eigenvalue weighted by Crippen LogP contribution is 2.23. The lowest BCUT2D eigenvalue weighted by molar-refractivity contribution is -0.150. The van der Waals surface area contributed by atoms with Crippen molar-refractivity contribution in [1.29, 1.82) is 0 Å². The van der Waals surface area contributed by atoms with Gasteiger partial charge in [-0.3, -0.25) is 4.79 Å². The van der Waals surface area contributed by atoms with Crippen LogP contribution in [0.1, 0.15) is 45.3 Å².